The minimum atomic E-state index is -0.457. The lowest BCUT2D eigenvalue weighted by molar-refractivity contribution is -0.200. The fourth-order valence-electron chi connectivity index (χ4n) is 4.37. The summed E-state index contributed by atoms with van der Waals surface area (Å²) in [5.41, 5.74) is 1.91. The molecular weight excluding hydrogens is 350 g/mol. The first-order chi connectivity index (χ1) is 12.1. The lowest BCUT2D eigenvalue weighted by atomic mass is 9.87. The standard InChI is InChI=1S/C20H29N3O2.ClH/c1-3-23-15-19(25-20(7-8-20)18(23)24)9-13-22(14-10-19)12-6-17-16(2)5-4-11-21-17;/h4-5,11H,3,6-10,12-15H2,1-2H3;1H. The molecule has 0 N–H and O–H groups in total. The van der Waals surface area contributed by atoms with Gasteiger partial charge in [0.2, 0.25) is 0 Å². The molecule has 1 aromatic rings. The Morgan fingerprint density at radius 2 is 1.96 bits per heavy atom. The molecule has 4 rings (SSSR count). The number of pyridine rings is 1. The molecule has 2 aliphatic heterocycles. The highest BCUT2D eigenvalue weighted by Crippen LogP contribution is 2.49. The van der Waals surface area contributed by atoms with E-state index in [0.717, 1.165) is 64.8 Å². The lowest BCUT2D eigenvalue weighted by Crippen LogP contribution is -2.62. The number of halogens is 1. The van der Waals surface area contributed by atoms with Crippen LogP contribution >= 0.6 is 12.4 Å². The fourth-order valence-corrected chi connectivity index (χ4v) is 4.37. The Bertz CT molecular complexity index is 654. The third kappa shape index (κ3) is 3.62. The van der Waals surface area contributed by atoms with E-state index >= 15 is 0 Å². The number of hydrogen-bond donors (Lipinski definition) is 0. The summed E-state index contributed by atoms with van der Waals surface area (Å²) in [6.07, 6.45) is 6.76. The number of nitrogens with zero attached hydrogens (tertiary/aromatic N) is 3. The molecule has 144 valence electrons. The quantitative estimate of drug-likeness (QED) is 0.806. The van der Waals surface area contributed by atoms with Gasteiger partial charge in [-0.1, -0.05) is 6.07 Å². The van der Waals surface area contributed by atoms with Crippen LogP contribution in [0.1, 0.15) is 43.9 Å². The van der Waals surface area contributed by atoms with Gasteiger partial charge in [0.05, 0.1) is 5.60 Å². The van der Waals surface area contributed by atoms with Gasteiger partial charge < -0.3 is 14.5 Å². The minimum Gasteiger partial charge on any atom is -0.357 e. The van der Waals surface area contributed by atoms with Crippen LogP contribution in [-0.4, -0.2) is 64.6 Å². The van der Waals surface area contributed by atoms with E-state index in [1.54, 1.807) is 0 Å². The van der Waals surface area contributed by atoms with Gasteiger partial charge >= 0.3 is 0 Å². The monoisotopic (exact) mass is 379 g/mol. The first-order valence-corrected chi connectivity index (χ1v) is 9.68. The zero-order chi connectivity index (χ0) is 17.5. The number of carbonyl (C=O) groups is 1. The summed E-state index contributed by atoms with van der Waals surface area (Å²) in [7, 11) is 0. The third-order valence-electron chi connectivity index (χ3n) is 6.20. The maximum Gasteiger partial charge on any atom is 0.254 e. The summed E-state index contributed by atoms with van der Waals surface area (Å²) in [4.78, 5) is 21.6. The van der Waals surface area contributed by atoms with Gasteiger partial charge in [-0.3, -0.25) is 9.78 Å². The minimum absolute atomic E-state index is 0. The van der Waals surface area contributed by atoms with Gasteiger partial charge in [0.1, 0.15) is 5.60 Å². The van der Waals surface area contributed by atoms with Gasteiger partial charge in [-0.15, -0.1) is 12.4 Å². The molecule has 0 aromatic carbocycles. The van der Waals surface area contributed by atoms with E-state index in [2.05, 4.69) is 29.8 Å². The Labute approximate surface area is 162 Å². The fraction of sp³-hybridized carbons (Fsp3) is 0.700. The summed E-state index contributed by atoms with van der Waals surface area (Å²) in [5.74, 6) is 0.230. The zero-order valence-electron chi connectivity index (χ0n) is 15.9. The van der Waals surface area contributed by atoms with Gasteiger partial charge in [-0.2, -0.15) is 0 Å². The molecule has 3 heterocycles. The Kier molecular flexibility index (Phi) is 5.61. The van der Waals surface area contributed by atoms with Crippen molar-refractivity contribution < 1.29 is 9.53 Å². The molecule has 2 spiro atoms. The smallest absolute Gasteiger partial charge is 0.254 e. The SMILES string of the molecule is CCN1CC2(CCN(CCc3ncccc3C)CC2)OC2(CC2)C1=O.Cl. The van der Waals surface area contributed by atoms with Crippen LogP contribution in [0.2, 0.25) is 0 Å². The molecule has 1 aromatic heterocycles. The number of amides is 1. The van der Waals surface area contributed by atoms with Crippen molar-refractivity contribution in [2.24, 2.45) is 0 Å². The zero-order valence-corrected chi connectivity index (χ0v) is 16.7. The second-order valence-electron chi connectivity index (χ2n) is 7.96. The predicted molar refractivity (Wildman–Crippen MR) is 104 cm³/mol. The third-order valence-corrected chi connectivity index (χ3v) is 6.20. The molecule has 2 saturated heterocycles. The van der Waals surface area contributed by atoms with E-state index in [9.17, 15) is 4.79 Å². The highest BCUT2D eigenvalue weighted by Gasteiger charge is 2.61. The van der Waals surface area contributed by atoms with E-state index in [0.29, 0.717) is 0 Å². The van der Waals surface area contributed by atoms with Crippen molar-refractivity contribution in [3.8, 4) is 0 Å². The normalized spacial score (nSPS) is 23.9. The summed E-state index contributed by atoms with van der Waals surface area (Å²) in [6, 6.07) is 4.13. The molecule has 0 bridgehead atoms. The van der Waals surface area contributed by atoms with E-state index in [-0.39, 0.29) is 23.9 Å². The van der Waals surface area contributed by atoms with Crippen LogP contribution in [0.4, 0.5) is 0 Å². The molecule has 26 heavy (non-hydrogen) atoms. The van der Waals surface area contributed by atoms with Crippen LogP contribution in [0.5, 0.6) is 0 Å². The first-order valence-electron chi connectivity index (χ1n) is 9.68. The first kappa shape index (κ1) is 19.6. The number of rotatable bonds is 4. The summed E-state index contributed by atoms with van der Waals surface area (Å²) in [6.45, 7) is 8.94. The molecule has 1 amide bonds. The molecule has 0 unspecified atom stereocenters. The Morgan fingerprint density at radius 1 is 1.23 bits per heavy atom. The van der Waals surface area contributed by atoms with Crippen LogP contribution in [0.15, 0.2) is 18.3 Å². The highest BCUT2D eigenvalue weighted by atomic mass is 35.5. The Hall–Kier alpha value is -1.17. The molecule has 3 aliphatic rings. The second kappa shape index (κ2) is 7.45. The van der Waals surface area contributed by atoms with Crippen LogP contribution < -0.4 is 0 Å². The van der Waals surface area contributed by atoms with Crippen molar-refractivity contribution in [2.75, 3.05) is 32.7 Å². The van der Waals surface area contributed by atoms with Gasteiger partial charge in [0, 0.05) is 51.0 Å². The number of morpholine rings is 1. The topological polar surface area (TPSA) is 45.7 Å². The number of likely N-dealkylation sites (N-methyl/N-ethyl adjacent to an activating group) is 1. The van der Waals surface area contributed by atoms with Crippen LogP contribution in [0, 0.1) is 6.92 Å². The summed E-state index contributed by atoms with van der Waals surface area (Å²) >= 11 is 0. The van der Waals surface area contributed by atoms with Crippen molar-refractivity contribution in [1.29, 1.82) is 0 Å². The van der Waals surface area contributed by atoms with E-state index < -0.39 is 5.60 Å². The van der Waals surface area contributed by atoms with Gasteiger partial charge in [-0.25, -0.2) is 0 Å². The molecule has 0 atom stereocenters. The van der Waals surface area contributed by atoms with Crippen molar-refractivity contribution in [3.63, 3.8) is 0 Å². The van der Waals surface area contributed by atoms with Gasteiger partial charge in [0.25, 0.3) is 5.91 Å². The molecule has 3 fully saturated rings. The molecule has 1 saturated carbocycles. The van der Waals surface area contributed by atoms with Crippen LogP contribution in [-0.2, 0) is 16.0 Å². The molecule has 6 heteroatoms. The molecule has 1 aliphatic carbocycles. The van der Waals surface area contributed by atoms with E-state index in [1.807, 2.05) is 17.2 Å². The average molecular weight is 380 g/mol. The average Bonchev–Trinajstić information content (AvgIpc) is 3.39. The molecule has 5 nitrogen and oxygen atoms in total. The highest BCUT2D eigenvalue weighted by molar-refractivity contribution is 5.89. The molecule has 0 radical (unpaired) electrons. The van der Waals surface area contributed by atoms with Crippen molar-refractivity contribution in [2.45, 2.75) is 57.2 Å². The Balaban J connectivity index is 0.00000196. The summed E-state index contributed by atoms with van der Waals surface area (Å²) < 4.78 is 6.46. The van der Waals surface area contributed by atoms with E-state index in [1.165, 1.54) is 11.3 Å². The second-order valence-corrected chi connectivity index (χ2v) is 7.96. The van der Waals surface area contributed by atoms with Gasteiger partial charge in [-0.05, 0) is 51.2 Å². The Morgan fingerprint density at radius 3 is 2.58 bits per heavy atom. The van der Waals surface area contributed by atoms with Crippen LogP contribution in [0.3, 0.4) is 0 Å². The number of hydrogen-bond acceptors (Lipinski definition) is 4. The predicted octanol–water partition coefficient (Wildman–Crippen LogP) is 2.60. The maximum absolute atomic E-state index is 12.5. The van der Waals surface area contributed by atoms with Gasteiger partial charge in [0.15, 0.2) is 0 Å². The molecular formula is C20H30ClN3O2. The van der Waals surface area contributed by atoms with Crippen molar-refractivity contribution in [1.82, 2.24) is 14.8 Å². The largest absolute Gasteiger partial charge is 0.357 e. The number of piperidine rings is 1. The lowest BCUT2D eigenvalue weighted by Gasteiger charge is -2.50. The van der Waals surface area contributed by atoms with Crippen LogP contribution in [0.25, 0.3) is 0 Å². The number of aromatic nitrogens is 1. The van der Waals surface area contributed by atoms with E-state index in [4.69, 9.17) is 4.74 Å². The number of carbonyl (C=O) groups excluding carboxylic acids is 1. The number of likely N-dealkylation sites (tertiary alicyclic amines) is 1. The summed E-state index contributed by atoms with van der Waals surface area (Å²) in [5, 5.41) is 0. The number of aryl methyl sites for hydroxylation is 1. The van der Waals surface area contributed by atoms with Crippen molar-refractivity contribution >= 4 is 18.3 Å². The van der Waals surface area contributed by atoms with Crippen molar-refractivity contribution in [3.05, 3.63) is 29.6 Å². The maximum atomic E-state index is 12.5. The number of ether oxygens (including phenoxy) is 1.